The van der Waals surface area contributed by atoms with Gasteiger partial charge in [0.15, 0.2) is 0 Å². The van der Waals surface area contributed by atoms with E-state index < -0.39 is 0 Å². The van der Waals surface area contributed by atoms with Crippen LogP contribution in [0.5, 0.6) is 0 Å². The highest BCUT2D eigenvalue weighted by Crippen LogP contribution is 2.32. The summed E-state index contributed by atoms with van der Waals surface area (Å²) in [5, 5.41) is 2.14. The van der Waals surface area contributed by atoms with Crippen LogP contribution in [-0.2, 0) is 6.54 Å². The summed E-state index contributed by atoms with van der Waals surface area (Å²) < 4.78 is 0. The quantitative estimate of drug-likeness (QED) is 0.917. The van der Waals surface area contributed by atoms with Crippen molar-refractivity contribution in [1.29, 1.82) is 0 Å². The first-order valence-corrected chi connectivity index (χ1v) is 7.29. The number of benzene rings is 1. The minimum absolute atomic E-state index is 0.257. The van der Waals surface area contributed by atoms with E-state index in [0.29, 0.717) is 6.04 Å². The zero-order chi connectivity index (χ0) is 12.4. The number of rotatable bonds is 3. The van der Waals surface area contributed by atoms with Crippen molar-refractivity contribution in [3.63, 3.8) is 0 Å². The summed E-state index contributed by atoms with van der Waals surface area (Å²) >= 11 is 1.83. The largest absolute Gasteiger partial charge is 0.326 e. The van der Waals surface area contributed by atoms with Gasteiger partial charge in [-0.3, -0.25) is 4.90 Å². The molecule has 2 nitrogen and oxygen atoms in total. The second kappa shape index (κ2) is 5.22. The smallest absolute Gasteiger partial charge is 0.0503 e. The molecular weight excluding hydrogens is 240 g/mol. The van der Waals surface area contributed by atoms with Crippen LogP contribution >= 0.6 is 11.3 Å². The fourth-order valence-corrected chi connectivity index (χ4v) is 3.50. The van der Waals surface area contributed by atoms with Crippen LogP contribution in [0.1, 0.15) is 22.9 Å². The molecule has 1 saturated heterocycles. The average molecular weight is 258 g/mol. The molecule has 2 heterocycles. The molecule has 2 N–H and O–H groups in total. The molecule has 2 unspecified atom stereocenters. The molecular formula is C15H18N2S. The summed E-state index contributed by atoms with van der Waals surface area (Å²) in [4.78, 5) is 3.93. The minimum Gasteiger partial charge on any atom is -0.326 e. The van der Waals surface area contributed by atoms with Crippen LogP contribution in [0.3, 0.4) is 0 Å². The van der Waals surface area contributed by atoms with Crippen LogP contribution < -0.4 is 5.73 Å². The lowest BCUT2D eigenvalue weighted by molar-refractivity contribution is 0.241. The van der Waals surface area contributed by atoms with Gasteiger partial charge in [-0.05, 0) is 23.4 Å². The second-order valence-corrected chi connectivity index (χ2v) is 5.89. The molecule has 1 aromatic carbocycles. The predicted molar refractivity (Wildman–Crippen MR) is 76.5 cm³/mol. The summed E-state index contributed by atoms with van der Waals surface area (Å²) in [6, 6.07) is 15.6. The first-order chi connectivity index (χ1) is 8.84. The van der Waals surface area contributed by atoms with Crippen molar-refractivity contribution >= 4 is 11.3 Å². The SMILES string of the molecule is NC1CCN(Cc2cccs2)C1c1ccccc1. The molecule has 1 aliphatic heterocycles. The highest BCUT2D eigenvalue weighted by molar-refractivity contribution is 7.09. The molecule has 2 atom stereocenters. The Balaban J connectivity index is 1.81. The third-order valence-corrected chi connectivity index (χ3v) is 4.49. The van der Waals surface area contributed by atoms with Gasteiger partial charge in [-0.1, -0.05) is 36.4 Å². The lowest BCUT2D eigenvalue weighted by Crippen LogP contribution is -2.31. The third kappa shape index (κ3) is 2.34. The summed E-state index contributed by atoms with van der Waals surface area (Å²) in [5.74, 6) is 0. The fourth-order valence-electron chi connectivity index (χ4n) is 2.77. The van der Waals surface area contributed by atoms with Crippen molar-refractivity contribution in [3.05, 3.63) is 58.3 Å². The molecule has 1 fully saturated rings. The van der Waals surface area contributed by atoms with E-state index in [9.17, 15) is 0 Å². The van der Waals surface area contributed by atoms with Crippen LogP contribution in [0.4, 0.5) is 0 Å². The van der Waals surface area contributed by atoms with Crippen molar-refractivity contribution in [2.75, 3.05) is 6.54 Å². The van der Waals surface area contributed by atoms with Crippen molar-refractivity contribution < 1.29 is 0 Å². The van der Waals surface area contributed by atoms with Gasteiger partial charge in [0.25, 0.3) is 0 Å². The predicted octanol–water partition coefficient (Wildman–Crippen LogP) is 3.02. The number of hydrogen-bond donors (Lipinski definition) is 1. The van der Waals surface area contributed by atoms with Crippen LogP contribution in [0.15, 0.2) is 47.8 Å². The standard InChI is InChI=1S/C15H18N2S/c16-14-8-9-17(11-13-7-4-10-18-13)15(14)12-5-2-1-3-6-12/h1-7,10,14-15H,8-9,11,16H2. The zero-order valence-electron chi connectivity index (χ0n) is 10.3. The summed E-state index contributed by atoms with van der Waals surface area (Å²) in [6.07, 6.45) is 1.09. The summed E-state index contributed by atoms with van der Waals surface area (Å²) in [6.45, 7) is 2.11. The Morgan fingerprint density at radius 2 is 2.00 bits per heavy atom. The van der Waals surface area contributed by atoms with Gasteiger partial charge >= 0.3 is 0 Å². The molecule has 18 heavy (non-hydrogen) atoms. The maximum absolute atomic E-state index is 6.29. The van der Waals surface area contributed by atoms with Gasteiger partial charge in [-0.15, -0.1) is 11.3 Å². The summed E-state index contributed by atoms with van der Waals surface area (Å²) in [5.41, 5.74) is 7.64. The molecule has 0 saturated carbocycles. The first-order valence-electron chi connectivity index (χ1n) is 6.41. The van der Waals surface area contributed by atoms with E-state index in [1.165, 1.54) is 10.4 Å². The van der Waals surface area contributed by atoms with Crippen molar-refractivity contribution in [1.82, 2.24) is 4.90 Å². The Morgan fingerprint density at radius 3 is 2.72 bits per heavy atom. The van der Waals surface area contributed by atoms with Crippen LogP contribution in [-0.4, -0.2) is 17.5 Å². The lowest BCUT2D eigenvalue weighted by Gasteiger charge is -2.26. The molecule has 0 radical (unpaired) electrons. The van der Waals surface area contributed by atoms with Crippen LogP contribution in [0.25, 0.3) is 0 Å². The zero-order valence-corrected chi connectivity index (χ0v) is 11.1. The molecule has 0 spiro atoms. The first kappa shape index (κ1) is 11.9. The monoisotopic (exact) mass is 258 g/mol. The fraction of sp³-hybridized carbons (Fsp3) is 0.333. The number of likely N-dealkylation sites (tertiary alicyclic amines) is 1. The van der Waals surface area contributed by atoms with Gasteiger partial charge in [0.1, 0.15) is 0 Å². The van der Waals surface area contributed by atoms with Crippen molar-refractivity contribution in [2.45, 2.75) is 25.0 Å². The van der Waals surface area contributed by atoms with E-state index >= 15 is 0 Å². The Bertz CT molecular complexity index is 480. The van der Waals surface area contributed by atoms with E-state index in [-0.39, 0.29) is 6.04 Å². The molecule has 0 bridgehead atoms. The molecule has 0 amide bonds. The third-order valence-electron chi connectivity index (χ3n) is 3.63. The number of thiophene rings is 1. The lowest BCUT2D eigenvalue weighted by atomic mass is 10.0. The number of hydrogen-bond acceptors (Lipinski definition) is 3. The maximum atomic E-state index is 6.29. The number of nitrogens with zero attached hydrogens (tertiary/aromatic N) is 1. The normalized spacial score (nSPS) is 24.5. The van der Waals surface area contributed by atoms with Gasteiger partial charge < -0.3 is 5.73 Å². The van der Waals surface area contributed by atoms with E-state index in [1.54, 1.807) is 0 Å². The molecule has 1 aromatic heterocycles. The van der Waals surface area contributed by atoms with Gasteiger partial charge in [-0.25, -0.2) is 0 Å². The average Bonchev–Trinajstić information content (AvgIpc) is 3.02. The Hall–Kier alpha value is -1.16. The van der Waals surface area contributed by atoms with Crippen LogP contribution in [0, 0.1) is 0 Å². The van der Waals surface area contributed by atoms with Crippen molar-refractivity contribution in [2.24, 2.45) is 5.73 Å². The number of nitrogens with two attached hydrogens (primary N) is 1. The summed E-state index contributed by atoms with van der Waals surface area (Å²) in [7, 11) is 0. The molecule has 94 valence electrons. The molecule has 3 rings (SSSR count). The van der Waals surface area contributed by atoms with E-state index in [2.05, 4.69) is 52.7 Å². The molecule has 2 aromatic rings. The van der Waals surface area contributed by atoms with Gasteiger partial charge in [-0.2, -0.15) is 0 Å². The molecule has 1 aliphatic rings. The topological polar surface area (TPSA) is 29.3 Å². The van der Waals surface area contributed by atoms with Gasteiger partial charge in [0.05, 0.1) is 6.04 Å². The Labute approximate surface area is 112 Å². The van der Waals surface area contributed by atoms with Crippen molar-refractivity contribution in [3.8, 4) is 0 Å². The minimum atomic E-state index is 0.257. The maximum Gasteiger partial charge on any atom is 0.0503 e. The molecule has 3 heteroatoms. The Morgan fingerprint density at radius 1 is 1.17 bits per heavy atom. The Kier molecular flexibility index (Phi) is 3.46. The van der Waals surface area contributed by atoms with E-state index in [4.69, 9.17) is 5.73 Å². The van der Waals surface area contributed by atoms with Gasteiger partial charge in [0.2, 0.25) is 0 Å². The van der Waals surface area contributed by atoms with E-state index in [1.807, 2.05) is 11.3 Å². The van der Waals surface area contributed by atoms with Crippen LogP contribution in [0.2, 0.25) is 0 Å². The highest BCUT2D eigenvalue weighted by Gasteiger charge is 2.32. The molecule has 0 aliphatic carbocycles. The van der Waals surface area contributed by atoms with E-state index in [0.717, 1.165) is 19.5 Å². The second-order valence-electron chi connectivity index (χ2n) is 4.86. The van der Waals surface area contributed by atoms with Gasteiger partial charge in [0, 0.05) is 24.0 Å². The highest BCUT2D eigenvalue weighted by atomic mass is 32.1.